The highest BCUT2D eigenvalue weighted by atomic mass is 16.5. The Kier molecular flexibility index (Phi) is 21.9. The van der Waals surface area contributed by atoms with Crippen molar-refractivity contribution in [3.8, 4) is 0 Å². The molecule has 4 rings (SSSR count). The summed E-state index contributed by atoms with van der Waals surface area (Å²) in [7, 11) is 3.83. The number of hydrogen-bond acceptors (Lipinski definition) is 13. The molecule has 14 nitrogen and oxygen atoms in total. The van der Waals surface area contributed by atoms with Gasteiger partial charge in [-0.1, -0.05) is 136 Å². The molecule has 0 saturated carbocycles. The molecule has 0 amide bonds. The van der Waals surface area contributed by atoms with Crippen LogP contribution >= 0.6 is 0 Å². The molecule has 0 radical (unpaired) electrons. The van der Waals surface area contributed by atoms with Crippen molar-refractivity contribution in [3.63, 3.8) is 0 Å². The van der Waals surface area contributed by atoms with Gasteiger partial charge in [0, 0.05) is 48.2 Å². The molecule has 0 saturated heterocycles. The molecule has 5 N–H and O–H groups in total. The molecule has 0 aliphatic heterocycles. The largest absolute Gasteiger partial charge is 0.481 e. The van der Waals surface area contributed by atoms with E-state index in [2.05, 4.69) is 4.90 Å². The molecule has 1 unspecified atom stereocenters. The zero-order valence-electron chi connectivity index (χ0n) is 45.2. The van der Waals surface area contributed by atoms with Gasteiger partial charge in [0.05, 0.1) is 12.1 Å². The summed E-state index contributed by atoms with van der Waals surface area (Å²) >= 11 is 0. The van der Waals surface area contributed by atoms with Crippen LogP contribution in [0.3, 0.4) is 0 Å². The van der Waals surface area contributed by atoms with E-state index in [9.17, 15) is 49.2 Å². The highest BCUT2D eigenvalue weighted by Gasteiger charge is 2.32. The number of likely N-dealkylation sites (N-methyl/N-ethyl adjacent to an activating group) is 1. The zero-order chi connectivity index (χ0) is 55.2. The number of ketones is 4. The number of nitrogens with zero attached hydrogens (tertiary/aromatic N) is 2. The number of carboxylic acid groups (broad SMARTS) is 1. The molecule has 0 aliphatic rings. The zero-order valence-corrected chi connectivity index (χ0v) is 45.2. The predicted octanol–water partition coefficient (Wildman–Crippen LogP) is 9.53. The summed E-state index contributed by atoms with van der Waals surface area (Å²) in [6.07, 6.45) is 6.98. The Balaban J connectivity index is 1.69. The fourth-order valence-electron chi connectivity index (χ4n) is 9.02. The van der Waals surface area contributed by atoms with Crippen LogP contribution in [0, 0.1) is 0 Å². The van der Waals surface area contributed by atoms with Crippen LogP contribution in [0.1, 0.15) is 202 Å². The van der Waals surface area contributed by atoms with Crippen LogP contribution in [0.5, 0.6) is 0 Å². The summed E-state index contributed by atoms with van der Waals surface area (Å²) in [5, 5.41) is 50.8. The molecular formula is C60H80N2O12. The molecule has 402 valence electrons. The van der Waals surface area contributed by atoms with Gasteiger partial charge >= 0.3 is 11.9 Å². The molecular weight excluding hydrogens is 941 g/mol. The Hall–Kier alpha value is -5.74. The van der Waals surface area contributed by atoms with Crippen molar-refractivity contribution >= 4 is 35.1 Å². The number of esters is 1. The summed E-state index contributed by atoms with van der Waals surface area (Å²) in [5.74, 6) is -2.88. The maximum absolute atomic E-state index is 13.8. The number of ether oxygens (including phenoxy) is 1. The fraction of sp³-hybridized carbons (Fsp3) is 0.500. The first-order valence-electron chi connectivity index (χ1n) is 25.8. The summed E-state index contributed by atoms with van der Waals surface area (Å²) < 4.78 is 6.38. The van der Waals surface area contributed by atoms with E-state index < -0.39 is 69.7 Å². The molecule has 0 aromatic heterocycles. The third-order valence-corrected chi connectivity index (χ3v) is 13.2. The number of unbranched alkanes of at least 4 members (excludes halogenated alkanes) is 7. The van der Waals surface area contributed by atoms with E-state index in [0.29, 0.717) is 48.1 Å². The number of aliphatic hydroxyl groups is 4. The highest BCUT2D eigenvalue weighted by molar-refractivity contribution is 6.03. The van der Waals surface area contributed by atoms with Gasteiger partial charge in [-0.25, -0.2) is 0 Å². The lowest BCUT2D eigenvalue weighted by molar-refractivity contribution is -0.150. The topological polar surface area (TPSA) is 219 Å². The molecule has 0 aliphatic carbocycles. The predicted molar refractivity (Wildman–Crippen MR) is 286 cm³/mol. The number of carbonyl (C=O) groups is 6. The van der Waals surface area contributed by atoms with E-state index in [1.807, 2.05) is 67.5 Å². The molecule has 74 heavy (non-hydrogen) atoms. The van der Waals surface area contributed by atoms with Crippen molar-refractivity contribution in [1.29, 1.82) is 0 Å². The van der Waals surface area contributed by atoms with Crippen LogP contribution in [0.25, 0.3) is 0 Å². The lowest BCUT2D eigenvalue weighted by Crippen LogP contribution is -2.38. The summed E-state index contributed by atoms with van der Waals surface area (Å²) in [6, 6.07) is 27.0. The average Bonchev–Trinajstić information content (AvgIpc) is 3.32. The van der Waals surface area contributed by atoms with Crippen molar-refractivity contribution in [3.05, 3.63) is 142 Å². The number of carbonyl (C=O) groups excluding carboxylic acids is 5. The van der Waals surface area contributed by atoms with E-state index in [0.717, 1.165) is 60.8 Å². The third kappa shape index (κ3) is 18.3. The first kappa shape index (κ1) is 60.8. The van der Waals surface area contributed by atoms with Gasteiger partial charge in [0.2, 0.25) is 0 Å². The van der Waals surface area contributed by atoms with Crippen LogP contribution < -0.4 is 0 Å². The van der Waals surface area contributed by atoms with Crippen molar-refractivity contribution < 1.29 is 59.0 Å². The minimum Gasteiger partial charge on any atom is -0.481 e. The second-order valence-electron chi connectivity index (χ2n) is 21.9. The standard InChI is InChI=1S/C60H80N2O12/c1-57(2,70)53(66)44-29-21-40(22-30-44)51(41-23-31-45(32-24-41)54(67)58(3,4)71)61(9)38-37-48(74-50(65)20-18-16-14-12-11-13-15-17-19-49(63)64)39-62(10)52(42-25-33-46(34-26-42)55(68)59(5,6)72)43-27-35-47(36-28-43)56(69)60(7,8)73/h21-36,48,51-52,70-73H,11-20,37-39H2,1-10H3,(H,63,64). The first-order chi connectivity index (χ1) is 34.5. The summed E-state index contributed by atoms with van der Waals surface area (Å²) in [6.45, 7) is 12.1. The van der Waals surface area contributed by atoms with Gasteiger partial charge in [0.15, 0.2) is 23.1 Å². The third-order valence-electron chi connectivity index (χ3n) is 13.2. The van der Waals surface area contributed by atoms with Crippen LogP contribution in [0.15, 0.2) is 97.1 Å². The van der Waals surface area contributed by atoms with E-state index in [-0.39, 0.29) is 25.4 Å². The summed E-state index contributed by atoms with van der Waals surface area (Å²) in [4.78, 5) is 81.0. The van der Waals surface area contributed by atoms with Gasteiger partial charge < -0.3 is 30.3 Å². The van der Waals surface area contributed by atoms with E-state index >= 15 is 0 Å². The lowest BCUT2D eigenvalue weighted by atomic mass is 9.90. The number of rotatable bonds is 31. The van der Waals surface area contributed by atoms with Crippen LogP contribution in [0.2, 0.25) is 0 Å². The van der Waals surface area contributed by atoms with Crippen molar-refractivity contribution in [2.75, 3.05) is 27.2 Å². The monoisotopic (exact) mass is 1020 g/mol. The Morgan fingerprint density at radius 2 is 0.703 bits per heavy atom. The second-order valence-corrected chi connectivity index (χ2v) is 21.9. The van der Waals surface area contributed by atoms with Crippen molar-refractivity contribution in [2.45, 2.75) is 167 Å². The van der Waals surface area contributed by atoms with Gasteiger partial charge in [-0.2, -0.15) is 0 Å². The number of aliphatic carboxylic acids is 1. The number of Topliss-reactive ketones (excluding diaryl/α,β-unsaturated/α-hetero) is 4. The molecule has 0 fully saturated rings. The smallest absolute Gasteiger partial charge is 0.306 e. The Morgan fingerprint density at radius 3 is 0.986 bits per heavy atom. The summed E-state index contributed by atoms with van der Waals surface area (Å²) in [5.41, 5.74) is -1.83. The van der Waals surface area contributed by atoms with Crippen LogP contribution in [-0.2, 0) is 14.3 Å². The Bertz CT molecular complexity index is 2350. The van der Waals surface area contributed by atoms with Gasteiger partial charge in [-0.15, -0.1) is 0 Å². The van der Waals surface area contributed by atoms with Gasteiger partial charge in [-0.05, 0) is 111 Å². The van der Waals surface area contributed by atoms with Crippen molar-refractivity contribution in [1.82, 2.24) is 9.80 Å². The van der Waals surface area contributed by atoms with E-state index in [1.54, 1.807) is 48.5 Å². The Morgan fingerprint density at radius 1 is 0.432 bits per heavy atom. The number of carboxylic acids is 1. The van der Waals surface area contributed by atoms with Crippen molar-refractivity contribution in [2.24, 2.45) is 0 Å². The molecule has 0 bridgehead atoms. The van der Waals surface area contributed by atoms with E-state index in [1.165, 1.54) is 55.4 Å². The molecule has 4 aromatic rings. The minimum absolute atomic E-state index is 0.179. The average molecular weight is 1020 g/mol. The molecule has 1 atom stereocenters. The number of hydrogen-bond donors (Lipinski definition) is 5. The van der Waals surface area contributed by atoms with Gasteiger partial charge in [0.25, 0.3) is 0 Å². The molecule has 0 spiro atoms. The maximum atomic E-state index is 13.8. The lowest BCUT2D eigenvalue weighted by Gasteiger charge is -2.34. The second kappa shape index (κ2) is 26.7. The molecule has 0 heterocycles. The SMILES string of the molecule is CN(CCC(CN(C)C(c1ccc(C(=O)C(C)(C)O)cc1)c1ccc(C(=O)C(C)(C)O)cc1)OC(=O)CCCCCCCCCCC(=O)O)C(c1ccc(C(=O)C(C)(C)O)cc1)c1ccc(C(=O)C(C)(C)O)cc1. The maximum Gasteiger partial charge on any atom is 0.306 e. The van der Waals surface area contributed by atoms with Crippen LogP contribution in [-0.4, -0.2) is 126 Å². The highest BCUT2D eigenvalue weighted by Crippen LogP contribution is 2.33. The van der Waals surface area contributed by atoms with Crippen LogP contribution in [0.4, 0.5) is 0 Å². The molecule has 14 heteroatoms. The van der Waals surface area contributed by atoms with E-state index in [4.69, 9.17) is 9.84 Å². The normalized spacial score (nSPS) is 12.9. The quantitative estimate of drug-likeness (QED) is 0.0180. The van der Waals surface area contributed by atoms with Gasteiger partial charge in [-0.3, -0.25) is 38.6 Å². The minimum atomic E-state index is -1.59. The van der Waals surface area contributed by atoms with Gasteiger partial charge in [0.1, 0.15) is 28.5 Å². The molecule has 4 aromatic carbocycles. The fourth-order valence-corrected chi connectivity index (χ4v) is 9.02. The number of benzene rings is 4. The first-order valence-corrected chi connectivity index (χ1v) is 25.8. The Labute approximate surface area is 437 Å².